The van der Waals surface area contributed by atoms with E-state index in [1.807, 2.05) is 44.2 Å². The summed E-state index contributed by atoms with van der Waals surface area (Å²) in [5, 5.41) is 13.4. The molecule has 0 aliphatic heterocycles. The van der Waals surface area contributed by atoms with Gasteiger partial charge in [-0.3, -0.25) is 14.3 Å². The third-order valence-electron chi connectivity index (χ3n) is 3.54. The molecule has 0 saturated heterocycles. The summed E-state index contributed by atoms with van der Waals surface area (Å²) in [6, 6.07) is 11.1. The van der Waals surface area contributed by atoms with Gasteiger partial charge >= 0.3 is 5.97 Å². The van der Waals surface area contributed by atoms with E-state index >= 15 is 0 Å². The quantitative estimate of drug-likeness (QED) is 0.887. The highest BCUT2D eigenvalue weighted by atomic mass is 16.4. The van der Waals surface area contributed by atoms with Crippen molar-refractivity contribution in [3.8, 4) is 0 Å². The van der Waals surface area contributed by atoms with E-state index in [1.54, 1.807) is 13.1 Å². The molecule has 0 atom stereocenters. The van der Waals surface area contributed by atoms with Gasteiger partial charge in [-0.2, -0.15) is 5.10 Å². The summed E-state index contributed by atoms with van der Waals surface area (Å²) in [5.41, 5.74) is 2.09. The van der Waals surface area contributed by atoms with E-state index in [9.17, 15) is 9.59 Å². The summed E-state index contributed by atoms with van der Waals surface area (Å²) in [5.74, 6) is -1.18. The molecule has 1 amide bonds. The molecule has 0 spiro atoms. The van der Waals surface area contributed by atoms with Crippen LogP contribution in [0.5, 0.6) is 0 Å². The van der Waals surface area contributed by atoms with Gasteiger partial charge in [0, 0.05) is 13.6 Å². The van der Waals surface area contributed by atoms with E-state index in [0.717, 1.165) is 11.3 Å². The van der Waals surface area contributed by atoms with Gasteiger partial charge in [-0.05, 0) is 17.5 Å². The molecule has 1 aromatic heterocycles. The molecule has 0 saturated carbocycles. The van der Waals surface area contributed by atoms with Crippen LogP contribution in [0.25, 0.3) is 0 Å². The Balaban J connectivity index is 2.27. The first-order chi connectivity index (χ1) is 10.9. The molecule has 0 aliphatic carbocycles. The van der Waals surface area contributed by atoms with Crippen LogP contribution in [-0.4, -0.2) is 38.2 Å². The molecule has 0 unspecified atom stereocenters. The van der Waals surface area contributed by atoms with Crippen molar-refractivity contribution in [3.05, 3.63) is 53.3 Å². The Bertz CT molecular complexity index is 692. The maximum absolute atomic E-state index is 12.7. The molecule has 0 fully saturated rings. The van der Waals surface area contributed by atoms with E-state index in [1.165, 1.54) is 9.58 Å². The van der Waals surface area contributed by atoms with Crippen molar-refractivity contribution >= 4 is 11.9 Å². The van der Waals surface area contributed by atoms with E-state index in [2.05, 4.69) is 5.10 Å². The molecule has 6 heteroatoms. The smallest absolute Gasteiger partial charge is 0.323 e. The van der Waals surface area contributed by atoms with Gasteiger partial charge in [0.15, 0.2) is 0 Å². The maximum atomic E-state index is 12.7. The fraction of sp³-hybridized carbons (Fsp3) is 0.353. The van der Waals surface area contributed by atoms with Crippen LogP contribution in [-0.2, 0) is 18.4 Å². The molecule has 6 nitrogen and oxygen atoms in total. The van der Waals surface area contributed by atoms with Crippen LogP contribution in [0.4, 0.5) is 0 Å². The predicted octanol–water partition coefficient (Wildman–Crippen LogP) is 2.27. The molecule has 0 radical (unpaired) electrons. The predicted molar refractivity (Wildman–Crippen MR) is 86.1 cm³/mol. The molecule has 122 valence electrons. The first-order valence-corrected chi connectivity index (χ1v) is 7.47. The first kappa shape index (κ1) is 16.7. The topological polar surface area (TPSA) is 75.4 Å². The molecule has 23 heavy (non-hydrogen) atoms. The zero-order valence-electron chi connectivity index (χ0n) is 13.6. The molecule has 2 rings (SSSR count). The van der Waals surface area contributed by atoms with Crippen molar-refractivity contribution in [2.75, 3.05) is 6.54 Å². The molecule has 1 heterocycles. The van der Waals surface area contributed by atoms with Gasteiger partial charge in [0.2, 0.25) is 0 Å². The Hall–Kier alpha value is -2.63. The molecular formula is C17H21N3O3. The van der Waals surface area contributed by atoms with E-state index < -0.39 is 5.97 Å². The van der Waals surface area contributed by atoms with Crippen LogP contribution in [0.1, 0.15) is 41.5 Å². The van der Waals surface area contributed by atoms with Gasteiger partial charge in [0.25, 0.3) is 5.91 Å². The minimum atomic E-state index is -1.04. The number of hydrogen-bond acceptors (Lipinski definition) is 3. The fourth-order valence-electron chi connectivity index (χ4n) is 2.30. The van der Waals surface area contributed by atoms with Gasteiger partial charge in [-0.1, -0.05) is 44.2 Å². The zero-order valence-corrected chi connectivity index (χ0v) is 13.6. The minimum Gasteiger partial charge on any atom is -0.480 e. The zero-order chi connectivity index (χ0) is 17.0. The number of aromatic nitrogens is 2. The Morgan fingerprint density at radius 2 is 1.91 bits per heavy atom. The second-order valence-corrected chi connectivity index (χ2v) is 5.77. The van der Waals surface area contributed by atoms with Gasteiger partial charge in [-0.15, -0.1) is 0 Å². The molecule has 1 N–H and O–H groups in total. The Kier molecular flexibility index (Phi) is 5.16. The van der Waals surface area contributed by atoms with Crippen LogP contribution in [0.2, 0.25) is 0 Å². The van der Waals surface area contributed by atoms with Crippen molar-refractivity contribution < 1.29 is 14.7 Å². The highest BCUT2D eigenvalue weighted by molar-refractivity contribution is 5.94. The van der Waals surface area contributed by atoms with Crippen LogP contribution < -0.4 is 0 Å². The summed E-state index contributed by atoms with van der Waals surface area (Å²) in [6.45, 7) is 3.88. The number of benzene rings is 1. The third kappa shape index (κ3) is 4.18. The van der Waals surface area contributed by atoms with Crippen LogP contribution in [0.3, 0.4) is 0 Å². The summed E-state index contributed by atoms with van der Waals surface area (Å²) in [7, 11) is 1.70. The largest absolute Gasteiger partial charge is 0.480 e. The number of hydrogen-bond donors (Lipinski definition) is 1. The number of carbonyl (C=O) groups excluding carboxylic acids is 1. The Morgan fingerprint density at radius 1 is 1.26 bits per heavy atom. The van der Waals surface area contributed by atoms with Crippen LogP contribution in [0, 0.1) is 0 Å². The average molecular weight is 315 g/mol. The number of carbonyl (C=O) groups is 2. The van der Waals surface area contributed by atoms with Gasteiger partial charge in [-0.25, -0.2) is 0 Å². The fourth-order valence-corrected chi connectivity index (χ4v) is 2.30. The highest BCUT2D eigenvalue weighted by Gasteiger charge is 2.23. The maximum Gasteiger partial charge on any atom is 0.323 e. The lowest BCUT2D eigenvalue weighted by Gasteiger charge is -2.20. The molecule has 2 aromatic rings. The van der Waals surface area contributed by atoms with Crippen molar-refractivity contribution in [2.24, 2.45) is 7.05 Å². The van der Waals surface area contributed by atoms with Crippen LogP contribution >= 0.6 is 0 Å². The number of carboxylic acids is 1. The lowest BCUT2D eigenvalue weighted by molar-refractivity contribution is -0.137. The second-order valence-electron chi connectivity index (χ2n) is 5.77. The Morgan fingerprint density at radius 3 is 2.43 bits per heavy atom. The number of carboxylic acid groups (broad SMARTS) is 1. The lowest BCUT2D eigenvalue weighted by atomic mass is 10.1. The second kappa shape index (κ2) is 7.09. The summed E-state index contributed by atoms with van der Waals surface area (Å²) >= 11 is 0. The van der Waals surface area contributed by atoms with Gasteiger partial charge < -0.3 is 10.0 Å². The average Bonchev–Trinajstić information content (AvgIpc) is 2.89. The van der Waals surface area contributed by atoms with Crippen LogP contribution in [0.15, 0.2) is 36.4 Å². The molecule has 0 aliphatic rings. The summed E-state index contributed by atoms with van der Waals surface area (Å²) in [6.07, 6.45) is 0. The molecular weight excluding hydrogens is 294 g/mol. The Labute approximate surface area is 135 Å². The number of aliphatic carboxylic acids is 1. The lowest BCUT2D eigenvalue weighted by Crippen LogP contribution is -2.36. The van der Waals surface area contributed by atoms with E-state index in [4.69, 9.17) is 5.11 Å². The summed E-state index contributed by atoms with van der Waals surface area (Å²) < 4.78 is 1.51. The monoisotopic (exact) mass is 315 g/mol. The number of nitrogens with zero attached hydrogens (tertiary/aromatic N) is 3. The number of rotatable bonds is 6. The molecule has 1 aromatic carbocycles. The standard InChI is InChI=1S/C17H21N3O3/c1-12(2)14-9-15(19(3)18-14)17(23)20(11-16(21)22)10-13-7-5-4-6-8-13/h4-9,12H,10-11H2,1-3H3,(H,21,22). The van der Waals surface area contributed by atoms with Crippen molar-refractivity contribution in [1.29, 1.82) is 0 Å². The van der Waals surface area contributed by atoms with Crippen molar-refractivity contribution in [1.82, 2.24) is 14.7 Å². The van der Waals surface area contributed by atoms with Gasteiger partial charge in [0.1, 0.15) is 12.2 Å². The van der Waals surface area contributed by atoms with Crippen molar-refractivity contribution in [3.63, 3.8) is 0 Å². The molecule has 0 bridgehead atoms. The normalized spacial score (nSPS) is 10.8. The van der Waals surface area contributed by atoms with E-state index in [0.29, 0.717) is 5.69 Å². The minimum absolute atomic E-state index is 0.199. The third-order valence-corrected chi connectivity index (χ3v) is 3.54. The van der Waals surface area contributed by atoms with Gasteiger partial charge in [0.05, 0.1) is 5.69 Å². The summed E-state index contributed by atoms with van der Waals surface area (Å²) in [4.78, 5) is 25.2. The highest BCUT2D eigenvalue weighted by Crippen LogP contribution is 2.16. The number of amides is 1. The SMILES string of the molecule is CC(C)c1cc(C(=O)N(CC(=O)O)Cc2ccccc2)n(C)n1. The number of aryl methyl sites for hydroxylation is 1. The van der Waals surface area contributed by atoms with E-state index in [-0.39, 0.29) is 24.9 Å². The first-order valence-electron chi connectivity index (χ1n) is 7.47. The van der Waals surface area contributed by atoms with Crippen molar-refractivity contribution in [2.45, 2.75) is 26.3 Å².